The number of nitrogens with one attached hydrogen (secondary N) is 1. The van der Waals surface area contributed by atoms with Gasteiger partial charge in [-0.25, -0.2) is 0 Å². The second-order valence-electron chi connectivity index (χ2n) is 3.35. The summed E-state index contributed by atoms with van der Waals surface area (Å²) in [5, 5.41) is 19.8. The summed E-state index contributed by atoms with van der Waals surface area (Å²) in [4.78, 5) is 11.2. The lowest BCUT2D eigenvalue weighted by Crippen LogP contribution is -2.46. The molecule has 1 amide bonds. The van der Waals surface area contributed by atoms with Crippen LogP contribution in [0.5, 0.6) is 0 Å². The molecular weight excluding hydrogens is 172 g/mol. The van der Waals surface area contributed by atoms with Crippen LogP contribution in [-0.2, 0) is 4.79 Å². The number of hydrogen-bond donors (Lipinski definition) is 4. The van der Waals surface area contributed by atoms with Gasteiger partial charge in [-0.3, -0.25) is 4.79 Å². The van der Waals surface area contributed by atoms with E-state index in [0.717, 1.165) is 0 Å². The van der Waals surface area contributed by atoms with Gasteiger partial charge in [-0.1, -0.05) is 13.8 Å². The van der Waals surface area contributed by atoms with Gasteiger partial charge < -0.3 is 21.3 Å². The molecule has 0 heterocycles. The highest BCUT2D eigenvalue weighted by molar-refractivity contribution is 5.81. The molecule has 5 nitrogen and oxygen atoms in total. The van der Waals surface area contributed by atoms with E-state index in [0.29, 0.717) is 0 Å². The van der Waals surface area contributed by atoms with Crippen molar-refractivity contribution in [1.29, 1.82) is 0 Å². The van der Waals surface area contributed by atoms with Crippen molar-refractivity contribution in [2.45, 2.75) is 26.0 Å². The molecule has 0 fully saturated rings. The fraction of sp³-hybridized carbons (Fsp3) is 0.875. The van der Waals surface area contributed by atoms with E-state index < -0.39 is 12.1 Å². The maximum atomic E-state index is 11.2. The zero-order valence-corrected chi connectivity index (χ0v) is 8.03. The van der Waals surface area contributed by atoms with Crippen LogP contribution in [0.3, 0.4) is 0 Å². The smallest absolute Gasteiger partial charge is 0.237 e. The van der Waals surface area contributed by atoms with E-state index in [1.54, 1.807) is 0 Å². The summed E-state index contributed by atoms with van der Waals surface area (Å²) in [6, 6.07) is -0.564. The Morgan fingerprint density at radius 1 is 1.54 bits per heavy atom. The molecule has 1 unspecified atom stereocenters. The van der Waals surface area contributed by atoms with Crippen LogP contribution in [0.25, 0.3) is 0 Å². The molecule has 0 aromatic rings. The average Bonchev–Trinajstić information content (AvgIpc) is 2.11. The van der Waals surface area contributed by atoms with Crippen molar-refractivity contribution in [3.8, 4) is 0 Å². The molecule has 0 aliphatic heterocycles. The Labute approximate surface area is 77.9 Å². The highest BCUT2D eigenvalue weighted by Crippen LogP contribution is 1.97. The summed E-state index contributed by atoms with van der Waals surface area (Å²) < 4.78 is 0. The highest BCUT2D eigenvalue weighted by Gasteiger charge is 2.17. The maximum Gasteiger partial charge on any atom is 0.237 e. The van der Waals surface area contributed by atoms with Gasteiger partial charge in [-0.2, -0.15) is 0 Å². The molecule has 0 aromatic heterocycles. The molecule has 0 aliphatic rings. The van der Waals surface area contributed by atoms with Crippen LogP contribution in [0.1, 0.15) is 13.8 Å². The number of aliphatic hydroxyl groups is 2. The van der Waals surface area contributed by atoms with Crippen LogP contribution in [0.15, 0.2) is 0 Å². The third-order valence-electron chi connectivity index (χ3n) is 1.74. The summed E-state index contributed by atoms with van der Waals surface area (Å²) in [5.41, 5.74) is 5.53. The van der Waals surface area contributed by atoms with Crippen LogP contribution in [0.4, 0.5) is 0 Å². The summed E-state index contributed by atoms with van der Waals surface area (Å²) in [6.07, 6.45) is -0.914. The molecule has 0 saturated carbocycles. The molecular formula is C8H18N2O3. The Kier molecular flexibility index (Phi) is 5.61. The third-order valence-corrected chi connectivity index (χ3v) is 1.74. The van der Waals surface area contributed by atoms with E-state index in [-0.39, 0.29) is 25.0 Å². The highest BCUT2D eigenvalue weighted by atomic mass is 16.3. The van der Waals surface area contributed by atoms with Crippen molar-refractivity contribution in [1.82, 2.24) is 5.32 Å². The quantitative estimate of drug-likeness (QED) is 0.421. The number of aliphatic hydroxyl groups excluding tert-OH is 2. The molecule has 0 aliphatic carbocycles. The van der Waals surface area contributed by atoms with Crippen molar-refractivity contribution < 1.29 is 15.0 Å². The normalized spacial score (nSPS) is 15.5. The summed E-state index contributed by atoms with van der Waals surface area (Å²) in [7, 11) is 0. The molecule has 0 saturated heterocycles. The molecule has 0 aromatic carbocycles. The number of rotatable bonds is 5. The Bertz CT molecular complexity index is 161. The van der Waals surface area contributed by atoms with Crippen LogP contribution in [0, 0.1) is 5.92 Å². The summed E-state index contributed by atoms with van der Waals surface area (Å²) in [6.45, 7) is 3.35. The van der Waals surface area contributed by atoms with Gasteiger partial charge in [0.15, 0.2) is 0 Å². The minimum absolute atomic E-state index is 0.0375. The molecule has 5 N–H and O–H groups in total. The van der Waals surface area contributed by atoms with E-state index in [1.807, 2.05) is 13.8 Å². The molecule has 0 bridgehead atoms. The maximum absolute atomic E-state index is 11.2. The predicted octanol–water partition coefficient (Wildman–Crippen LogP) is -1.56. The van der Waals surface area contributed by atoms with E-state index in [1.165, 1.54) is 0 Å². The van der Waals surface area contributed by atoms with Gasteiger partial charge in [-0.15, -0.1) is 0 Å². The molecule has 2 atom stereocenters. The van der Waals surface area contributed by atoms with Crippen molar-refractivity contribution >= 4 is 5.91 Å². The van der Waals surface area contributed by atoms with E-state index in [4.69, 9.17) is 15.9 Å². The van der Waals surface area contributed by atoms with Gasteiger partial charge in [0.05, 0.1) is 18.8 Å². The van der Waals surface area contributed by atoms with Crippen molar-refractivity contribution in [3.63, 3.8) is 0 Å². The first-order valence-electron chi connectivity index (χ1n) is 4.31. The standard InChI is InChI=1S/C8H18N2O3/c1-5(2)7(9)8(13)10-3-6(12)4-11/h5-7,11-12H,3-4,9H2,1-2H3,(H,10,13)/t6?,7-/m0/s1. The van der Waals surface area contributed by atoms with Gasteiger partial charge in [0.1, 0.15) is 0 Å². The molecule has 78 valence electrons. The largest absolute Gasteiger partial charge is 0.394 e. The van der Waals surface area contributed by atoms with E-state index >= 15 is 0 Å². The second-order valence-corrected chi connectivity index (χ2v) is 3.35. The molecule has 13 heavy (non-hydrogen) atoms. The van der Waals surface area contributed by atoms with Crippen LogP contribution < -0.4 is 11.1 Å². The zero-order valence-electron chi connectivity index (χ0n) is 8.03. The molecule has 0 spiro atoms. The fourth-order valence-corrected chi connectivity index (χ4v) is 0.704. The Morgan fingerprint density at radius 3 is 2.46 bits per heavy atom. The van der Waals surface area contributed by atoms with Gasteiger partial charge in [0.25, 0.3) is 0 Å². The number of carbonyl (C=O) groups is 1. The number of amides is 1. The first-order valence-corrected chi connectivity index (χ1v) is 4.31. The van der Waals surface area contributed by atoms with Crippen LogP contribution in [-0.4, -0.2) is 41.4 Å². The SMILES string of the molecule is CC(C)[C@H](N)C(=O)NCC(O)CO. The molecule has 5 heteroatoms. The number of hydrogen-bond acceptors (Lipinski definition) is 4. The first kappa shape index (κ1) is 12.3. The predicted molar refractivity (Wildman–Crippen MR) is 48.9 cm³/mol. The monoisotopic (exact) mass is 190 g/mol. The van der Waals surface area contributed by atoms with Crippen molar-refractivity contribution in [2.75, 3.05) is 13.2 Å². The lowest BCUT2D eigenvalue weighted by Gasteiger charge is -2.16. The van der Waals surface area contributed by atoms with Crippen LogP contribution in [0.2, 0.25) is 0 Å². The fourth-order valence-electron chi connectivity index (χ4n) is 0.704. The summed E-state index contributed by atoms with van der Waals surface area (Å²) >= 11 is 0. The van der Waals surface area contributed by atoms with Gasteiger partial charge in [0, 0.05) is 6.54 Å². The Hall–Kier alpha value is -0.650. The lowest BCUT2D eigenvalue weighted by atomic mass is 10.1. The average molecular weight is 190 g/mol. The van der Waals surface area contributed by atoms with E-state index in [9.17, 15) is 4.79 Å². The van der Waals surface area contributed by atoms with E-state index in [2.05, 4.69) is 5.32 Å². The Balaban J connectivity index is 3.74. The minimum Gasteiger partial charge on any atom is -0.394 e. The van der Waals surface area contributed by atoms with Crippen molar-refractivity contribution in [3.05, 3.63) is 0 Å². The van der Waals surface area contributed by atoms with Gasteiger partial charge >= 0.3 is 0 Å². The molecule has 0 radical (unpaired) electrons. The second kappa shape index (κ2) is 5.90. The topological polar surface area (TPSA) is 95.6 Å². The Morgan fingerprint density at radius 2 is 2.08 bits per heavy atom. The van der Waals surface area contributed by atoms with Crippen LogP contribution >= 0.6 is 0 Å². The molecule has 0 rings (SSSR count). The number of carbonyl (C=O) groups excluding carboxylic acids is 1. The number of nitrogens with two attached hydrogens (primary N) is 1. The first-order chi connectivity index (χ1) is 5.99. The van der Waals surface area contributed by atoms with Crippen molar-refractivity contribution in [2.24, 2.45) is 11.7 Å². The van der Waals surface area contributed by atoms with Gasteiger partial charge in [-0.05, 0) is 5.92 Å². The summed E-state index contributed by atoms with van der Waals surface area (Å²) in [5.74, 6) is -0.242. The lowest BCUT2D eigenvalue weighted by molar-refractivity contribution is -0.123. The minimum atomic E-state index is -0.914. The third kappa shape index (κ3) is 4.82. The zero-order chi connectivity index (χ0) is 10.4. The van der Waals surface area contributed by atoms with Gasteiger partial charge in [0.2, 0.25) is 5.91 Å².